The number of aromatic carboxylic acids is 1. The monoisotopic (exact) mass is 268 g/mol. The van der Waals surface area contributed by atoms with E-state index in [0.29, 0.717) is 12.4 Å². The van der Waals surface area contributed by atoms with Gasteiger partial charge in [-0.15, -0.1) is 0 Å². The van der Waals surface area contributed by atoms with Crippen molar-refractivity contribution in [2.75, 3.05) is 5.32 Å². The minimum atomic E-state index is -1.00. The van der Waals surface area contributed by atoms with Gasteiger partial charge in [-0.2, -0.15) is 0 Å². The molecule has 2 N–H and O–H groups in total. The predicted molar refractivity (Wildman–Crippen MR) is 74.7 cm³/mol. The largest absolute Gasteiger partial charge is 0.478 e. The number of rotatable bonds is 4. The molecule has 3 rings (SSSR count). The molecule has 0 amide bonds. The molecule has 0 atom stereocenters. The van der Waals surface area contributed by atoms with E-state index in [0.717, 1.165) is 16.5 Å². The lowest BCUT2D eigenvalue weighted by atomic mass is 10.1. The lowest BCUT2D eigenvalue weighted by Gasteiger charge is -2.09. The smallest absolute Gasteiger partial charge is 0.339 e. The molecule has 0 aliphatic rings. The summed E-state index contributed by atoms with van der Waals surface area (Å²) in [5, 5.41) is 13.1. The maximum atomic E-state index is 11.3. The summed E-state index contributed by atoms with van der Waals surface area (Å²) in [7, 11) is 0. The van der Waals surface area contributed by atoms with Gasteiger partial charge in [-0.25, -0.2) is 9.78 Å². The Morgan fingerprint density at radius 1 is 1.30 bits per heavy atom. The van der Waals surface area contributed by atoms with Gasteiger partial charge < -0.3 is 14.8 Å². The third-order valence-electron chi connectivity index (χ3n) is 2.99. The molecule has 5 heteroatoms. The van der Waals surface area contributed by atoms with Crippen molar-refractivity contribution in [1.29, 1.82) is 0 Å². The number of aromatic nitrogens is 1. The van der Waals surface area contributed by atoms with Gasteiger partial charge in [0.05, 0.1) is 18.0 Å². The molecule has 3 aromatic rings. The number of nitrogens with one attached hydrogen (secondary N) is 1. The topological polar surface area (TPSA) is 75.4 Å². The van der Waals surface area contributed by atoms with Crippen LogP contribution in [0.3, 0.4) is 0 Å². The maximum absolute atomic E-state index is 11.3. The fourth-order valence-corrected chi connectivity index (χ4v) is 1.99. The summed E-state index contributed by atoms with van der Waals surface area (Å²) in [6.07, 6.45) is 3.18. The summed E-state index contributed by atoms with van der Waals surface area (Å²) < 4.78 is 4.97. The van der Waals surface area contributed by atoms with Crippen molar-refractivity contribution in [3.05, 3.63) is 60.1 Å². The molecule has 0 aliphatic carbocycles. The predicted octanol–water partition coefficient (Wildman–Crippen LogP) is 3.14. The number of para-hydroxylation sites is 1. The van der Waals surface area contributed by atoms with Crippen LogP contribution < -0.4 is 5.32 Å². The molecular formula is C15H12N2O3. The first-order valence-corrected chi connectivity index (χ1v) is 6.12. The fraction of sp³-hybridized carbons (Fsp3) is 0.0667. The van der Waals surface area contributed by atoms with Crippen molar-refractivity contribution >= 4 is 22.7 Å². The molecule has 20 heavy (non-hydrogen) atoms. The van der Waals surface area contributed by atoms with Gasteiger partial charge in [-0.05, 0) is 18.2 Å². The molecule has 0 fully saturated rings. The Bertz CT molecular complexity index is 751. The van der Waals surface area contributed by atoms with Gasteiger partial charge in [0.15, 0.2) is 0 Å². The van der Waals surface area contributed by atoms with Crippen LogP contribution in [-0.2, 0) is 6.54 Å². The van der Waals surface area contributed by atoms with E-state index in [9.17, 15) is 9.90 Å². The van der Waals surface area contributed by atoms with Gasteiger partial charge >= 0.3 is 5.97 Å². The van der Waals surface area contributed by atoms with Gasteiger partial charge in [0.1, 0.15) is 11.4 Å². The fourth-order valence-electron chi connectivity index (χ4n) is 1.99. The van der Waals surface area contributed by atoms with Crippen LogP contribution in [0.2, 0.25) is 0 Å². The molecule has 5 nitrogen and oxygen atoms in total. The van der Waals surface area contributed by atoms with Crippen LogP contribution in [0.5, 0.6) is 0 Å². The second kappa shape index (κ2) is 5.05. The number of anilines is 1. The Balaban J connectivity index is 1.98. The first kappa shape index (κ1) is 12.2. The number of hydrogen-bond acceptors (Lipinski definition) is 4. The van der Waals surface area contributed by atoms with Crippen molar-refractivity contribution in [1.82, 2.24) is 4.98 Å². The number of carboxylic acid groups (broad SMARTS) is 1. The van der Waals surface area contributed by atoms with Crippen molar-refractivity contribution in [3.8, 4) is 0 Å². The number of pyridine rings is 1. The van der Waals surface area contributed by atoms with E-state index in [2.05, 4.69) is 10.3 Å². The van der Waals surface area contributed by atoms with E-state index in [1.165, 1.54) is 0 Å². The van der Waals surface area contributed by atoms with E-state index in [-0.39, 0.29) is 5.56 Å². The molecule has 1 aromatic carbocycles. The molecule has 2 aromatic heterocycles. The van der Waals surface area contributed by atoms with Crippen molar-refractivity contribution < 1.29 is 14.3 Å². The van der Waals surface area contributed by atoms with Gasteiger partial charge in [0, 0.05) is 17.5 Å². The summed E-state index contributed by atoms with van der Waals surface area (Å²) in [6.45, 7) is 0.460. The normalized spacial score (nSPS) is 10.6. The number of furan rings is 1. The summed E-state index contributed by atoms with van der Waals surface area (Å²) >= 11 is 0. The zero-order valence-electron chi connectivity index (χ0n) is 10.5. The summed E-state index contributed by atoms with van der Waals surface area (Å²) in [4.78, 5) is 15.7. The van der Waals surface area contributed by atoms with Crippen molar-refractivity contribution in [2.45, 2.75) is 6.54 Å². The third kappa shape index (κ3) is 2.33. The van der Waals surface area contributed by atoms with Crippen LogP contribution in [0.1, 0.15) is 15.9 Å². The van der Waals surface area contributed by atoms with E-state index >= 15 is 0 Å². The quantitative estimate of drug-likeness (QED) is 0.760. The first-order valence-electron chi connectivity index (χ1n) is 6.12. The number of carbonyl (C=O) groups is 1. The molecule has 0 spiro atoms. The molecule has 2 heterocycles. The molecule has 0 bridgehead atoms. The second-order valence-corrected chi connectivity index (χ2v) is 4.37. The van der Waals surface area contributed by atoms with E-state index in [1.54, 1.807) is 18.6 Å². The molecule has 0 saturated heterocycles. The zero-order chi connectivity index (χ0) is 13.9. The van der Waals surface area contributed by atoms with Crippen LogP contribution in [0, 0.1) is 0 Å². The average Bonchev–Trinajstić information content (AvgIpc) is 2.97. The highest BCUT2D eigenvalue weighted by molar-refractivity contribution is 5.98. The van der Waals surface area contributed by atoms with Crippen LogP contribution in [0.15, 0.2) is 53.3 Å². The lowest BCUT2D eigenvalue weighted by Crippen LogP contribution is -2.08. The highest BCUT2D eigenvalue weighted by Gasteiger charge is 2.13. The van der Waals surface area contributed by atoms with Crippen molar-refractivity contribution in [3.63, 3.8) is 0 Å². The first-order chi connectivity index (χ1) is 9.74. The third-order valence-corrected chi connectivity index (χ3v) is 2.99. The molecular weight excluding hydrogens is 256 g/mol. The summed E-state index contributed by atoms with van der Waals surface area (Å²) in [5.74, 6) is -0.643. The Hall–Kier alpha value is -2.82. The zero-order valence-corrected chi connectivity index (χ0v) is 10.5. The number of carboxylic acids is 1. The van der Waals surface area contributed by atoms with Gasteiger partial charge in [0.25, 0.3) is 0 Å². The van der Waals surface area contributed by atoms with Gasteiger partial charge in [-0.3, -0.25) is 0 Å². The van der Waals surface area contributed by atoms with Gasteiger partial charge in [0.2, 0.25) is 0 Å². The second-order valence-electron chi connectivity index (χ2n) is 4.37. The summed E-state index contributed by atoms with van der Waals surface area (Å²) in [5.41, 5.74) is 1.84. The van der Waals surface area contributed by atoms with E-state index in [1.807, 2.05) is 30.3 Å². The lowest BCUT2D eigenvalue weighted by molar-refractivity contribution is 0.0697. The SMILES string of the molecule is O=C(O)c1cc2ccccc2nc1NCc1ccoc1. The van der Waals surface area contributed by atoms with Crippen LogP contribution in [-0.4, -0.2) is 16.1 Å². The Morgan fingerprint density at radius 2 is 2.15 bits per heavy atom. The van der Waals surface area contributed by atoms with Gasteiger partial charge in [-0.1, -0.05) is 18.2 Å². The molecule has 0 radical (unpaired) electrons. The maximum Gasteiger partial charge on any atom is 0.339 e. The van der Waals surface area contributed by atoms with E-state index < -0.39 is 5.97 Å². The number of fused-ring (bicyclic) bond motifs is 1. The van der Waals surface area contributed by atoms with Crippen LogP contribution in [0.4, 0.5) is 5.82 Å². The minimum Gasteiger partial charge on any atom is -0.478 e. The van der Waals surface area contributed by atoms with Crippen molar-refractivity contribution in [2.24, 2.45) is 0 Å². The molecule has 100 valence electrons. The number of hydrogen-bond donors (Lipinski definition) is 2. The average molecular weight is 268 g/mol. The Morgan fingerprint density at radius 3 is 2.90 bits per heavy atom. The molecule has 0 aliphatic heterocycles. The van der Waals surface area contributed by atoms with Crippen LogP contribution in [0.25, 0.3) is 10.9 Å². The van der Waals surface area contributed by atoms with Crippen LogP contribution >= 0.6 is 0 Å². The Kier molecular flexibility index (Phi) is 3.09. The highest BCUT2D eigenvalue weighted by atomic mass is 16.4. The summed E-state index contributed by atoms with van der Waals surface area (Å²) in [6, 6.07) is 10.9. The van der Waals surface area contributed by atoms with E-state index in [4.69, 9.17) is 4.42 Å². The minimum absolute atomic E-state index is 0.159. The highest BCUT2D eigenvalue weighted by Crippen LogP contribution is 2.21. The number of benzene rings is 1. The Labute approximate surface area is 114 Å². The molecule has 0 unspecified atom stereocenters. The molecule has 0 saturated carbocycles. The standard InChI is InChI=1S/C15H12N2O3/c18-15(19)12-7-11-3-1-2-4-13(11)17-14(12)16-8-10-5-6-20-9-10/h1-7,9H,8H2,(H,16,17)(H,18,19). The number of nitrogens with zero attached hydrogens (tertiary/aromatic N) is 1.